The van der Waals surface area contributed by atoms with Gasteiger partial charge in [0.15, 0.2) is 0 Å². The van der Waals surface area contributed by atoms with Crippen molar-refractivity contribution in [2.45, 2.75) is 233 Å². The summed E-state index contributed by atoms with van der Waals surface area (Å²) < 4.78 is 25.6. The molecular weight excluding hydrogens is 579 g/mol. The molecule has 0 saturated heterocycles. The van der Waals surface area contributed by atoms with E-state index < -0.39 is 6.80 Å². The predicted molar refractivity (Wildman–Crippen MR) is 201 cm³/mol. The number of hydrogen-bond donors (Lipinski definition) is 0. The van der Waals surface area contributed by atoms with E-state index in [1.54, 1.807) is 0 Å². The third-order valence-corrected chi connectivity index (χ3v) is 12.9. The lowest BCUT2D eigenvalue weighted by Crippen LogP contribution is -1.99. The molecule has 0 N–H and O–H groups in total. The van der Waals surface area contributed by atoms with Crippen LogP contribution in [0.3, 0.4) is 0 Å². The van der Waals surface area contributed by atoms with Gasteiger partial charge in [0.1, 0.15) is 0 Å². The maximum absolute atomic E-state index is 13.6. The van der Waals surface area contributed by atoms with Crippen molar-refractivity contribution in [1.82, 2.24) is 0 Å². The van der Waals surface area contributed by atoms with Crippen LogP contribution < -0.4 is 0 Å². The van der Waals surface area contributed by atoms with Crippen LogP contribution in [0.2, 0.25) is 0 Å². The fourth-order valence-electron chi connectivity index (χ4n) is 5.94. The lowest BCUT2D eigenvalue weighted by molar-refractivity contribution is 0.212. The second-order valence-electron chi connectivity index (χ2n) is 13.6. The molecule has 44 heavy (non-hydrogen) atoms. The Morgan fingerprint density at radius 3 is 0.841 bits per heavy atom. The van der Waals surface area contributed by atoms with Gasteiger partial charge in [0.05, 0.1) is 13.2 Å². The highest BCUT2D eigenvalue weighted by Gasteiger charge is 2.25. The molecule has 0 unspecified atom stereocenters. The van der Waals surface area contributed by atoms with Crippen LogP contribution in [0.4, 0.5) is 0 Å². The van der Waals surface area contributed by atoms with Crippen LogP contribution in [0, 0.1) is 0 Å². The molecule has 0 aliphatic heterocycles. The van der Waals surface area contributed by atoms with Gasteiger partial charge in [-0.3, -0.25) is 0 Å². The molecule has 0 bridgehead atoms. The van der Waals surface area contributed by atoms with Crippen molar-refractivity contribution < 1.29 is 13.6 Å². The highest BCUT2D eigenvalue weighted by atomic mass is 32.7. The summed E-state index contributed by atoms with van der Waals surface area (Å²) in [6.07, 6.45) is 43.7. The van der Waals surface area contributed by atoms with Gasteiger partial charge >= 0.3 is 6.80 Å². The summed E-state index contributed by atoms with van der Waals surface area (Å²) in [5.41, 5.74) is 0. The summed E-state index contributed by atoms with van der Waals surface area (Å²) in [5, 5.41) is 0. The topological polar surface area (TPSA) is 35.5 Å². The maximum Gasteiger partial charge on any atom is 0.389 e. The number of unbranched alkanes of at least 4 members (excludes halogenated alkanes) is 30. The van der Waals surface area contributed by atoms with Crippen molar-refractivity contribution in [3.05, 3.63) is 0 Å². The molecule has 266 valence electrons. The van der Waals surface area contributed by atoms with Gasteiger partial charge in [0, 0.05) is 5.75 Å². The number of hydrogen-bond acceptors (Lipinski definition) is 4. The third-order valence-electron chi connectivity index (χ3n) is 8.99. The normalized spacial score (nSPS) is 12.0. The highest BCUT2D eigenvalue weighted by Crippen LogP contribution is 2.61. The highest BCUT2D eigenvalue weighted by molar-refractivity contribution is 8.55. The molecule has 0 aromatic rings. The van der Waals surface area contributed by atoms with Crippen molar-refractivity contribution in [3.63, 3.8) is 0 Å². The predicted octanol–water partition coefficient (Wildman–Crippen LogP) is 15.8. The molecule has 0 radical (unpaired) electrons. The Kier molecular flexibility index (Phi) is 38.4. The van der Waals surface area contributed by atoms with Gasteiger partial charge in [-0.15, -0.1) is 0 Å². The van der Waals surface area contributed by atoms with E-state index in [1.807, 2.05) is 0 Å². The molecule has 0 heterocycles. The van der Waals surface area contributed by atoms with E-state index in [-0.39, 0.29) is 0 Å². The van der Waals surface area contributed by atoms with Crippen molar-refractivity contribution in [1.29, 1.82) is 0 Å². The molecule has 0 aromatic carbocycles. The van der Waals surface area contributed by atoms with E-state index >= 15 is 0 Å². The summed E-state index contributed by atoms with van der Waals surface area (Å²) in [7, 11) is 0. The number of rotatable bonds is 39. The average molecular weight is 661 g/mol. The zero-order valence-electron chi connectivity index (χ0n) is 30.5. The van der Waals surface area contributed by atoms with E-state index in [0.29, 0.717) is 13.2 Å². The second-order valence-corrected chi connectivity index (χ2v) is 17.7. The minimum Gasteiger partial charge on any atom is -0.301 e. The van der Waals surface area contributed by atoms with Gasteiger partial charge in [-0.05, 0) is 30.6 Å². The standard InChI is InChI=1S/C39H81O3PS/c1-4-7-10-13-16-19-22-25-28-31-34-37-41-43(40,42-38-35-32-29-26-23-20-17-14-11-8-5-2)44-39-36-33-30-27-24-21-18-15-12-9-6-3/h4-39H2,1-3H3. The van der Waals surface area contributed by atoms with Crippen molar-refractivity contribution in [3.8, 4) is 0 Å². The van der Waals surface area contributed by atoms with E-state index in [9.17, 15) is 4.57 Å². The molecule has 0 aliphatic rings. The summed E-state index contributed by atoms with van der Waals surface area (Å²) in [6, 6.07) is 0. The van der Waals surface area contributed by atoms with Crippen LogP contribution in [-0.2, 0) is 13.6 Å². The van der Waals surface area contributed by atoms with Crippen LogP contribution in [0.1, 0.15) is 233 Å². The Morgan fingerprint density at radius 1 is 0.341 bits per heavy atom. The first-order valence-corrected chi connectivity index (χ1v) is 23.4. The quantitative estimate of drug-likeness (QED) is 0.0485. The molecule has 0 spiro atoms. The minimum atomic E-state index is -3.04. The fourth-order valence-corrected chi connectivity index (χ4v) is 9.38. The Hall–Kier alpha value is 0.500. The zero-order valence-corrected chi connectivity index (χ0v) is 32.2. The molecule has 0 atom stereocenters. The molecule has 5 heteroatoms. The van der Waals surface area contributed by atoms with Gasteiger partial charge < -0.3 is 9.05 Å². The Balaban J connectivity index is 4.07. The van der Waals surface area contributed by atoms with Crippen molar-refractivity contribution in [2.75, 3.05) is 19.0 Å². The van der Waals surface area contributed by atoms with Crippen molar-refractivity contribution in [2.24, 2.45) is 0 Å². The zero-order chi connectivity index (χ0) is 32.1. The van der Waals surface area contributed by atoms with E-state index in [2.05, 4.69) is 20.8 Å². The summed E-state index contributed by atoms with van der Waals surface area (Å²) in [4.78, 5) is 0. The van der Waals surface area contributed by atoms with E-state index in [1.165, 1.54) is 204 Å². The van der Waals surface area contributed by atoms with Gasteiger partial charge in [-0.25, -0.2) is 4.57 Å². The van der Waals surface area contributed by atoms with Gasteiger partial charge in [0.25, 0.3) is 0 Å². The average Bonchev–Trinajstić information content (AvgIpc) is 3.02. The first-order chi connectivity index (χ1) is 21.7. The molecule has 0 fully saturated rings. The van der Waals surface area contributed by atoms with Gasteiger partial charge in [-0.1, -0.05) is 213 Å². The lowest BCUT2D eigenvalue weighted by Gasteiger charge is -2.18. The van der Waals surface area contributed by atoms with Crippen molar-refractivity contribution >= 4 is 18.2 Å². The summed E-state index contributed by atoms with van der Waals surface area (Å²) in [6.45, 7) is 4.97. The van der Waals surface area contributed by atoms with Crippen LogP contribution in [0.5, 0.6) is 0 Å². The molecule has 0 aliphatic carbocycles. The maximum atomic E-state index is 13.6. The monoisotopic (exact) mass is 661 g/mol. The largest absolute Gasteiger partial charge is 0.389 e. The van der Waals surface area contributed by atoms with Crippen LogP contribution in [-0.4, -0.2) is 19.0 Å². The summed E-state index contributed by atoms with van der Waals surface area (Å²) >= 11 is 1.48. The Morgan fingerprint density at radius 2 is 0.568 bits per heavy atom. The first kappa shape index (κ1) is 44.5. The fraction of sp³-hybridized carbons (Fsp3) is 1.00. The van der Waals surface area contributed by atoms with Gasteiger partial charge in [0.2, 0.25) is 0 Å². The first-order valence-electron chi connectivity index (χ1n) is 20.2. The Labute approximate surface area is 282 Å². The van der Waals surface area contributed by atoms with Crippen LogP contribution in [0.15, 0.2) is 0 Å². The second kappa shape index (κ2) is 38.0. The summed E-state index contributed by atoms with van der Waals surface area (Å²) in [5.74, 6) is 0.894. The SMILES string of the molecule is CCCCCCCCCCCCCOP(=O)(OCCCCCCCCCCCCC)SCCCCCCCCCCCCC. The van der Waals surface area contributed by atoms with Crippen LogP contribution in [0.25, 0.3) is 0 Å². The molecule has 3 nitrogen and oxygen atoms in total. The van der Waals surface area contributed by atoms with Crippen LogP contribution >= 0.6 is 18.2 Å². The molecular formula is C39H81O3PS. The molecule has 0 amide bonds. The lowest BCUT2D eigenvalue weighted by atomic mass is 10.1. The minimum absolute atomic E-state index is 0.581. The van der Waals surface area contributed by atoms with E-state index in [0.717, 1.165) is 25.0 Å². The van der Waals surface area contributed by atoms with E-state index in [4.69, 9.17) is 9.05 Å². The molecule has 0 saturated carbocycles. The van der Waals surface area contributed by atoms with Gasteiger partial charge in [-0.2, -0.15) is 0 Å². The molecule has 0 rings (SSSR count). The Bertz CT molecular complexity index is 497. The molecule has 0 aromatic heterocycles. The third kappa shape index (κ3) is 35.4. The smallest absolute Gasteiger partial charge is 0.301 e.